The van der Waals surface area contributed by atoms with Crippen molar-refractivity contribution < 1.29 is 29.0 Å². The molecule has 38 heavy (non-hydrogen) atoms. The molecular weight excluding hydrogens is 484 g/mol. The van der Waals surface area contributed by atoms with Crippen LogP contribution in [0.1, 0.15) is 63.5 Å². The molecule has 3 aliphatic rings. The highest BCUT2D eigenvalue weighted by Gasteiger charge is 2.51. The van der Waals surface area contributed by atoms with Gasteiger partial charge in [-0.15, -0.1) is 0 Å². The van der Waals surface area contributed by atoms with E-state index in [0.717, 1.165) is 35.1 Å². The number of fused-ring (bicyclic) bond motifs is 5. The number of carbonyl (C=O) groups is 3. The third-order valence-corrected chi connectivity index (χ3v) is 7.84. The number of aliphatic carboxylic acids is 1. The van der Waals surface area contributed by atoms with Gasteiger partial charge in [0, 0.05) is 25.4 Å². The summed E-state index contributed by atoms with van der Waals surface area (Å²) in [5, 5.41) is 9.19. The van der Waals surface area contributed by atoms with Gasteiger partial charge < -0.3 is 24.4 Å². The van der Waals surface area contributed by atoms with Gasteiger partial charge in [-0.05, 0) is 68.2 Å². The van der Waals surface area contributed by atoms with E-state index in [4.69, 9.17) is 9.47 Å². The van der Waals surface area contributed by atoms with E-state index in [1.54, 1.807) is 9.80 Å². The fourth-order valence-corrected chi connectivity index (χ4v) is 6.33. The van der Waals surface area contributed by atoms with Gasteiger partial charge in [0.1, 0.15) is 12.2 Å². The fraction of sp³-hybridized carbons (Fsp3) is 0.500. The molecule has 5 rings (SSSR count). The summed E-state index contributed by atoms with van der Waals surface area (Å²) in [7, 11) is 0. The molecule has 0 radical (unpaired) electrons. The van der Waals surface area contributed by atoms with Crippen LogP contribution >= 0.6 is 0 Å². The van der Waals surface area contributed by atoms with Crippen LogP contribution in [0, 0.1) is 5.92 Å². The van der Waals surface area contributed by atoms with Crippen molar-refractivity contribution in [2.24, 2.45) is 5.92 Å². The van der Waals surface area contributed by atoms with Crippen LogP contribution in [-0.2, 0) is 14.3 Å². The number of amides is 2. The first kappa shape index (κ1) is 26.1. The van der Waals surface area contributed by atoms with E-state index in [2.05, 4.69) is 24.3 Å². The topological polar surface area (TPSA) is 96.4 Å². The first-order chi connectivity index (χ1) is 18.1. The minimum Gasteiger partial charge on any atom is -0.481 e. The Labute approximate surface area is 223 Å². The van der Waals surface area contributed by atoms with Gasteiger partial charge in [-0.1, -0.05) is 48.5 Å². The van der Waals surface area contributed by atoms with Crippen molar-refractivity contribution in [2.75, 3.05) is 19.7 Å². The Balaban J connectivity index is 1.32. The Hall–Kier alpha value is -3.55. The van der Waals surface area contributed by atoms with Gasteiger partial charge in [-0.25, -0.2) is 9.59 Å². The third kappa shape index (κ3) is 5.22. The normalized spacial score (nSPS) is 21.7. The summed E-state index contributed by atoms with van der Waals surface area (Å²) in [6.45, 7) is 6.59. The molecule has 0 aromatic heterocycles. The lowest BCUT2D eigenvalue weighted by Crippen LogP contribution is -2.55. The molecule has 2 aromatic carbocycles. The zero-order valence-corrected chi connectivity index (χ0v) is 22.3. The SMILES string of the molecule is CC(C)(C)OC(=O)N1CC2CC(N(CCCC(=O)O)C(=O)OCC3c4ccccc4-c4ccccc43)C1C2. The molecule has 0 spiro atoms. The summed E-state index contributed by atoms with van der Waals surface area (Å²) in [5.74, 6) is -0.688. The van der Waals surface area contributed by atoms with Gasteiger partial charge in [0.05, 0.1) is 12.1 Å². The molecule has 2 amide bonds. The highest BCUT2D eigenvalue weighted by Crippen LogP contribution is 2.45. The van der Waals surface area contributed by atoms with Crippen LogP contribution in [0.3, 0.4) is 0 Å². The number of nitrogens with zero attached hydrogens (tertiary/aromatic N) is 2. The van der Waals surface area contributed by atoms with Crippen molar-refractivity contribution in [3.63, 3.8) is 0 Å². The Bertz CT molecular complexity index is 1180. The number of hydrogen-bond donors (Lipinski definition) is 1. The largest absolute Gasteiger partial charge is 0.481 e. The number of piperidine rings is 1. The van der Waals surface area contributed by atoms with Crippen LogP contribution < -0.4 is 0 Å². The number of likely N-dealkylation sites (tertiary alicyclic amines) is 1. The van der Waals surface area contributed by atoms with Crippen LogP contribution in [0.5, 0.6) is 0 Å². The average molecular weight is 521 g/mol. The van der Waals surface area contributed by atoms with Gasteiger partial charge in [0.15, 0.2) is 0 Å². The first-order valence-corrected chi connectivity index (χ1v) is 13.5. The summed E-state index contributed by atoms with van der Waals surface area (Å²) < 4.78 is 11.6. The summed E-state index contributed by atoms with van der Waals surface area (Å²) in [5.41, 5.74) is 3.97. The van der Waals surface area contributed by atoms with Gasteiger partial charge in [-0.2, -0.15) is 0 Å². The minimum atomic E-state index is -0.902. The number of ether oxygens (including phenoxy) is 2. The lowest BCUT2D eigenvalue weighted by molar-refractivity contribution is -0.137. The summed E-state index contributed by atoms with van der Waals surface area (Å²) in [6.07, 6.45) is 1.02. The Morgan fingerprint density at radius 1 is 1.00 bits per heavy atom. The van der Waals surface area contributed by atoms with Crippen LogP contribution in [0.2, 0.25) is 0 Å². The van der Waals surface area contributed by atoms with E-state index in [0.29, 0.717) is 13.0 Å². The van der Waals surface area contributed by atoms with Crippen molar-refractivity contribution in [1.29, 1.82) is 0 Å². The molecule has 1 heterocycles. The molecule has 1 saturated heterocycles. The van der Waals surface area contributed by atoms with Crippen molar-refractivity contribution in [3.05, 3.63) is 59.7 Å². The standard InChI is InChI=1S/C30H36N2O6/c1-30(2,3)38-29(36)32-17-19-15-25(26(32)16-19)31(14-8-13-27(33)34)28(35)37-18-24-22-11-6-4-9-20(22)21-10-5-7-12-23(21)24/h4-7,9-12,19,24-26H,8,13-18H2,1-3H3,(H,33,34). The molecular formula is C30H36N2O6. The van der Waals surface area contributed by atoms with Crippen LogP contribution in [0.15, 0.2) is 48.5 Å². The number of carboxylic acids is 1. The van der Waals surface area contributed by atoms with Crippen LogP contribution in [-0.4, -0.2) is 70.4 Å². The molecule has 3 atom stereocenters. The molecule has 202 valence electrons. The predicted molar refractivity (Wildman–Crippen MR) is 142 cm³/mol. The van der Waals surface area contributed by atoms with E-state index in [1.165, 1.54) is 0 Å². The monoisotopic (exact) mass is 520 g/mol. The first-order valence-electron chi connectivity index (χ1n) is 13.5. The molecule has 1 aliphatic heterocycles. The van der Waals surface area contributed by atoms with E-state index in [-0.39, 0.29) is 49.6 Å². The molecule has 2 fully saturated rings. The number of hydrogen-bond acceptors (Lipinski definition) is 5. The second-order valence-electron chi connectivity index (χ2n) is 11.6. The predicted octanol–water partition coefficient (Wildman–Crippen LogP) is 5.50. The second-order valence-corrected chi connectivity index (χ2v) is 11.6. The Morgan fingerprint density at radius 2 is 1.63 bits per heavy atom. The van der Waals surface area contributed by atoms with Gasteiger partial charge in [-0.3, -0.25) is 4.79 Å². The van der Waals surface area contributed by atoms with Gasteiger partial charge >= 0.3 is 18.2 Å². The maximum Gasteiger partial charge on any atom is 0.410 e. The fourth-order valence-electron chi connectivity index (χ4n) is 6.33. The highest BCUT2D eigenvalue weighted by molar-refractivity contribution is 5.79. The number of rotatable bonds is 7. The van der Waals surface area contributed by atoms with Crippen LogP contribution in [0.4, 0.5) is 9.59 Å². The number of carboxylic acid groups (broad SMARTS) is 1. The molecule has 2 aliphatic carbocycles. The lowest BCUT2D eigenvalue weighted by Gasteiger charge is -2.39. The summed E-state index contributed by atoms with van der Waals surface area (Å²) in [4.78, 5) is 41.1. The van der Waals surface area contributed by atoms with Crippen molar-refractivity contribution in [2.45, 2.75) is 70.1 Å². The quantitative estimate of drug-likeness (QED) is 0.518. The molecule has 2 aromatic rings. The van der Waals surface area contributed by atoms with Crippen LogP contribution in [0.25, 0.3) is 11.1 Å². The number of benzene rings is 2. The van der Waals surface area contributed by atoms with Crippen molar-refractivity contribution in [3.8, 4) is 11.1 Å². The lowest BCUT2D eigenvalue weighted by atomic mass is 9.98. The molecule has 2 bridgehead atoms. The zero-order chi connectivity index (χ0) is 27.0. The molecule has 3 unspecified atom stereocenters. The molecule has 8 nitrogen and oxygen atoms in total. The maximum absolute atomic E-state index is 13.6. The van der Waals surface area contributed by atoms with E-state index in [9.17, 15) is 19.5 Å². The molecule has 1 N–H and O–H groups in total. The average Bonchev–Trinajstić information content (AvgIpc) is 3.56. The van der Waals surface area contributed by atoms with E-state index < -0.39 is 17.7 Å². The van der Waals surface area contributed by atoms with E-state index >= 15 is 0 Å². The smallest absolute Gasteiger partial charge is 0.410 e. The van der Waals surface area contributed by atoms with Crippen molar-refractivity contribution >= 4 is 18.2 Å². The third-order valence-electron chi connectivity index (χ3n) is 7.84. The molecule has 1 saturated carbocycles. The van der Waals surface area contributed by atoms with Gasteiger partial charge in [0.2, 0.25) is 0 Å². The molecule has 8 heteroatoms. The summed E-state index contributed by atoms with van der Waals surface area (Å²) >= 11 is 0. The minimum absolute atomic E-state index is 0.0379. The maximum atomic E-state index is 13.6. The Morgan fingerprint density at radius 3 is 2.21 bits per heavy atom. The van der Waals surface area contributed by atoms with Gasteiger partial charge in [0.25, 0.3) is 0 Å². The zero-order valence-electron chi connectivity index (χ0n) is 22.3. The van der Waals surface area contributed by atoms with Crippen molar-refractivity contribution in [1.82, 2.24) is 9.80 Å². The number of carbonyl (C=O) groups excluding carboxylic acids is 2. The highest BCUT2D eigenvalue weighted by atomic mass is 16.6. The second kappa shape index (κ2) is 10.3. The van der Waals surface area contributed by atoms with E-state index in [1.807, 2.05) is 45.0 Å². The Kier molecular flexibility index (Phi) is 7.07. The summed E-state index contributed by atoms with van der Waals surface area (Å²) in [6, 6.07) is 16.0.